The Labute approximate surface area is 107 Å². The van der Waals surface area contributed by atoms with Crippen molar-refractivity contribution in [2.45, 2.75) is 18.4 Å². The van der Waals surface area contributed by atoms with Gasteiger partial charge in [-0.05, 0) is 12.0 Å². The summed E-state index contributed by atoms with van der Waals surface area (Å²) in [6.07, 6.45) is 0.196. The molecule has 1 aliphatic heterocycles. The van der Waals surface area contributed by atoms with Gasteiger partial charge in [0.2, 0.25) is 0 Å². The Morgan fingerprint density at radius 3 is 2.61 bits per heavy atom. The van der Waals surface area contributed by atoms with E-state index in [9.17, 15) is 9.90 Å². The van der Waals surface area contributed by atoms with E-state index in [4.69, 9.17) is 0 Å². The second-order valence-corrected chi connectivity index (χ2v) is 5.28. The van der Waals surface area contributed by atoms with E-state index >= 15 is 0 Å². The van der Waals surface area contributed by atoms with Gasteiger partial charge in [0.25, 0.3) is 0 Å². The summed E-state index contributed by atoms with van der Waals surface area (Å²) in [4.78, 5) is 13.0. The van der Waals surface area contributed by atoms with Crippen molar-refractivity contribution in [2.75, 3.05) is 19.6 Å². The highest BCUT2D eigenvalue weighted by atomic mass is 16.4. The minimum Gasteiger partial charge on any atom is -0.465 e. The van der Waals surface area contributed by atoms with Crippen LogP contribution >= 0.6 is 0 Å². The zero-order chi connectivity index (χ0) is 12.5. The third-order valence-electron chi connectivity index (χ3n) is 3.95. The molecule has 0 unspecified atom stereocenters. The Morgan fingerprint density at radius 1 is 1.33 bits per heavy atom. The highest BCUT2D eigenvalue weighted by Gasteiger charge is 2.45. The Kier molecular flexibility index (Phi) is 2.96. The van der Waals surface area contributed by atoms with Crippen molar-refractivity contribution in [3.05, 3.63) is 35.9 Å². The van der Waals surface area contributed by atoms with E-state index in [0.717, 1.165) is 19.5 Å². The number of rotatable bonds is 4. The van der Waals surface area contributed by atoms with E-state index in [2.05, 4.69) is 17.4 Å². The highest BCUT2D eigenvalue weighted by Crippen LogP contribution is 2.44. The monoisotopic (exact) mass is 246 g/mol. The van der Waals surface area contributed by atoms with E-state index < -0.39 is 6.09 Å². The average molecular weight is 246 g/mol. The van der Waals surface area contributed by atoms with Crippen molar-refractivity contribution >= 4 is 6.09 Å². The molecule has 0 radical (unpaired) electrons. The first-order chi connectivity index (χ1) is 8.75. The van der Waals surface area contributed by atoms with E-state index in [1.807, 2.05) is 18.2 Å². The minimum absolute atomic E-state index is 0.186. The summed E-state index contributed by atoms with van der Waals surface area (Å²) >= 11 is 0. The first kappa shape index (κ1) is 11.5. The molecular weight excluding hydrogens is 228 g/mol. The molecule has 1 aromatic carbocycles. The van der Waals surface area contributed by atoms with Crippen molar-refractivity contribution < 1.29 is 9.90 Å². The fraction of sp³-hybridized carbons (Fsp3) is 0.500. The van der Waals surface area contributed by atoms with Crippen LogP contribution in [0.4, 0.5) is 4.79 Å². The Morgan fingerprint density at radius 2 is 2.06 bits per heavy atom. The summed E-state index contributed by atoms with van der Waals surface area (Å²) in [6.45, 7) is 2.58. The predicted molar refractivity (Wildman–Crippen MR) is 68.7 cm³/mol. The lowest BCUT2D eigenvalue weighted by atomic mass is 10.0. The molecule has 0 spiro atoms. The molecule has 96 valence electrons. The van der Waals surface area contributed by atoms with Crippen LogP contribution in [-0.2, 0) is 0 Å². The predicted octanol–water partition coefficient (Wildman–Crippen LogP) is 1.74. The second-order valence-electron chi connectivity index (χ2n) is 5.28. The molecule has 2 fully saturated rings. The molecule has 2 N–H and O–H groups in total. The number of amides is 1. The highest BCUT2D eigenvalue weighted by molar-refractivity contribution is 5.66. The standard InChI is InChI=1S/C14H18N2O2/c17-14(18)16(9-10-7-15-8-10)13-6-12(13)11-4-2-1-3-5-11/h1-5,10,12-13,15H,6-9H2,(H,17,18)/t12-,13+/m0/s1. The van der Waals surface area contributed by atoms with Crippen molar-refractivity contribution in [2.24, 2.45) is 5.92 Å². The summed E-state index contributed by atoms with van der Waals surface area (Å²) in [5.74, 6) is 0.897. The molecule has 3 rings (SSSR count). The number of benzene rings is 1. The molecule has 2 atom stereocenters. The van der Waals surface area contributed by atoms with Crippen LogP contribution in [0.2, 0.25) is 0 Å². The van der Waals surface area contributed by atoms with Gasteiger partial charge < -0.3 is 15.3 Å². The molecule has 1 saturated heterocycles. The molecule has 4 nitrogen and oxygen atoms in total. The smallest absolute Gasteiger partial charge is 0.407 e. The van der Waals surface area contributed by atoms with Crippen LogP contribution in [0.25, 0.3) is 0 Å². The van der Waals surface area contributed by atoms with Gasteiger partial charge >= 0.3 is 6.09 Å². The maximum atomic E-state index is 11.3. The Hall–Kier alpha value is -1.55. The van der Waals surface area contributed by atoms with Gasteiger partial charge in [-0.1, -0.05) is 30.3 Å². The number of carbonyl (C=O) groups is 1. The van der Waals surface area contributed by atoms with Gasteiger partial charge in [0.1, 0.15) is 0 Å². The van der Waals surface area contributed by atoms with Gasteiger partial charge in [0, 0.05) is 37.5 Å². The lowest BCUT2D eigenvalue weighted by Crippen LogP contribution is -2.50. The first-order valence-electron chi connectivity index (χ1n) is 6.51. The number of hydrogen-bond donors (Lipinski definition) is 2. The van der Waals surface area contributed by atoms with Gasteiger partial charge in [-0.2, -0.15) is 0 Å². The number of nitrogens with one attached hydrogen (secondary N) is 1. The molecule has 0 bridgehead atoms. The number of nitrogens with zero attached hydrogens (tertiary/aromatic N) is 1. The molecule has 2 aliphatic rings. The van der Waals surface area contributed by atoms with E-state index in [0.29, 0.717) is 18.4 Å². The van der Waals surface area contributed by atoms with Gasteiger partial charge in [0.05, 0.1) is 0 Å². The van der Waals surface area contributed by atoms with Crippen LogP contribution in [0.15, 0.2) is 30.3 Å². The molecule has 1 aromatic rings. The summed E-state index contributed by atoms with van der Waals surface area (Å²) in [6, 6.07) is 10.4. The summed E-state index contributed by atoms with van der Waals surface area (Å²) in [7, 11) is 0. The lowest BCUT2D eigenvalue weighted by Gasteiger charge is -2.32. The second kappa shape index (κ2) is 4.61. The zero-order valence-electron chi connectivity index (χ0n) is 10.2. The van der Waals surface area contributed by atoms with Crippen molar-refractivity contribution in [3.63, 3.8) is 0 Å². The fourth-order valence-corrected chi connectivity index (χ4v) is 2.70. The topological polar surface area (TPSA) is 52.6 Å². The third-order valence-corrected chi connectivity index (χ3v) is 3.95. The largest absolute Gasteiger partial charge is 0.465 e. The Balaban J connectivity index is 1.64. The van der Waals surface area contributed by atoms with Crippen molar-refractivity contribution in [1.29, 1.82) is 0 Å². The molecule has 18 heavy (non-hydrogen) atoms. The summed E-state index contributed by atoms with van der Waals surface area (Å²) in [5.41, 5.74) is 1.26. The van der Waals surface area contributed by atoms with Crippen LogP contribution < -0.4 is 5.32 Å². The van der Waals surface area contributed by atoms with Gasteiger partial charge in [-0.15, -0.1) is 0 Å². The number of carboxylic acid groups (broad SMARTS) is 1. The summed E-state index contributed by atoms with van der Waals surface area (Å²) < 4.78 is 0. The van der Waals surface area contributed by atoms with Crippen LogP contribution in [0.1, 0.15) is 17.9 Å². The lowest BCUT2D eigenvalue weighted by molar-refractivity contribution is 0.124. The normalized spacial score (nSPS) is 26.4. The molecule has 1 amide bonds. The van der Waals surface area contributed by atoms with Gasteiger partial charge in [-0.3, -0.25) is 0 Å². The molecule has 1 saturated carbocycles. The van der Waals surface area contributed by atoms with E-state index in [1.54, 1.807) is 4.90 Å². The van der Waals surface area contributed by atoms with E-state index in [1.165, 1.54) is 5.56 Å². The van der Waals surface area contributed by atoms with E-state index in [-0.39, 0.29) is 6.04 Å². The minimum atomic E-state index is -0.773. The molecular formula is C14H18N2O2. The first-order valence-corrected chi connectivity index (χ1v) is 6.51. The molecule has 1 aliphatic carbocycles. The average Bonchev–Trinajstić information content (AvgIpc) is 3.08. The number of hydrogen-bond acceptors (Lipinski definition) is 2. The molecule has 4 heteroatoms. The maximum absolute atomic E-state index is 11.3. The van der Waals surface area contributed by atoms with Crippen molar-refractivity contribution in [1.82, 2.24) is 10.2 Å². The maximum Gasteiger partial charge on any atom is 0.407 e. The Bertz CT molecular complexity index is 431. The third kappa shape index (κ3) is 2.20. The SMILES string of the molecule is O=C(O)N(CC1CNC1)[C@@H]1C[C@H]1c1ccccc1. The quantitative estimate of drug-likeness (QED) is 0.851. The zero-order valence-corrected chi connectivity index (χ0v) is 10.2. The van der Waals surface area contributed by atoms with Crippen LogP contribution in [-0.4, -0.2) is 41.8 Å². The summed E-state index contributed by atoms with van der Waals surface area (Å²) in [5, 5.41) is 12.5. The molecule has 1 heterocycles. The fourth-order valence-electron chi connectivity index (χ4n) is 2.70. The van der Waals surface area contributed by atoms with Gasteiger partial charge in [0.15, 0.2) is 0 Å². The van der Waals surface area contributed by atoms with Crippen LogP contribution in [0, 0.1) is 5.92 Å². The van der Waals surface area contributed by atoms with Gasteiger partial charge in [-0.25, -0.2) is 4.79 Å². The van der Waals surface area contributed by atoms with Crippen LogP contribution in [0.5, 0.6) is 0 Å². The molecule has 0 aromatic heterocycles. The van der Waals surface area contributed by atoms with Crippen LogP contribution in [0.3, 0.4) is 0 Å². The van der Waals surface area contributed by atoms with Crippen molar-refractivity contribution in [3.8, 4) is 0 Å².